The lowest BCUT2D eigenvalue weighted by atomic mass is 10.0. The van der Waals surface area contributed by atoms with Crippen molar-refractivity contribution >= 4 is 11.4 Å². The van der Waals surface area contributed by atoms with Crippen molar-refractivity contribution in [3.8, 4) is 0 Å². The minimum absolute atomic E-state index is 0.846. The van der Waals surface area contributed by atoms with Crippen molar-refractivity contribution in [1.29, 1.82) is 0 Å². The van der Waals surface area contributed by atoms with Crippen LogP contribution in [0.3, 0.4) is 0 Å². The van der Waals surface area contributed by atoms with Gasteiger partial charge in [-0.3, -0.25) is 0 Å². The summed E-state index contributed by atoms with van der Waals surface area (Å²) >= 11 is 0. The second-order valence-corrected chi connectivity index (χ2v) is 2.95. The van der Waals surface area contributed by atoms with Crippen molar-refractivity contribution < 1.29 is 0 Å². The van der Waals surface area contributed by atoms with E-state index in [0.29, 0.717) is 0 Å². The minimum atomic E-state index is 0.846. The molecule has 0 saturated carbocycles. The smallest absolute Gasteiger partial charge is 0.0393 e. The Kier molecular flexibility index (Phi) is 1.46. The van der Waals surface area contributed by atoms with Crippen LogP contribution >= 0.6 is 0 Å². The fraction of sp³-hybridized carbons (Fsp3) is 0.333. The zero-order chi connectivity index (χ0) is 7.68. The van der Waals surface area contributed by atoms with E-state index in [4.69, 9.17) is 5.73 Å². The molecule has 0 saturated heterocycles. The molecule has 11 heavy (non-hydrogen) atoms. The summed E-state index contributed by atoms with van der Waals surface area (Å²) in [5.74, 6) is 0. The van der Waals surface area contributed by atoms with Gasteiger partial charge < -0.3 is 11.1 Å². The Morgan fingerprint density at radius 2 is 2.27 bits per heavy atom. The number of fused-ring (bicyclic) bond motifs is 1. The quantitative estimate of drug-likeness (QED) is 0.549. The first-order valence-corrected chi connectivity index (χ1v) is 3.98. The molecule has 1 aliphatic heterocycles. The van der Waals surface area contributed by atoms with Gasteiger partial charge in [-0.15, -0.1) is 0 Å². The Labute approximate surface area is 66.4 Å². The normalized spacial score (nSPS) is 15.3. The van der Waals surface area contributed by atoms with Gasteiger partial charge in [-0.2, -0.15) is 0 Å². The van der Waals surface area contributed by atoms with Crippen LogP contribution in [0.15, 0.2) is 18.2 Å². The fourth-order valence-corrected chi connectivity index (χ4v) is 1.48. The molecule has 0 aromatic heterocycles. The Balaban J connectivity index is 2.43. The van der Waals surface area contributed by atoms with Crippen LogP contribution in [0.1, 0.15) is 12.0 Å². The number of aryl methyl sites for hydroxylation is 1. The monoisotopic (exact) mass is 148 g/mol. The van der Waals surface area contributed by atoms with Crippen LogP contribution in [-0.2, 0) is 6.42 Å². The van der Waals surface area contributed by atoms with Crippen molar-refractivity contribution in [2.45, 2.75) is 12.8 Å². The molecule has 1 heterocycles. The summed E-state index contributed by atoms with van der Waals surface area (Å²) in [5, 5.41) is 3.32. The Morgan fingerprint density at radius 1 is 1.36 bits per heavy atom. The molecule has 0 radical (unpaired) electrons. The highest BCUT2D eigenvalue weighted by molar-refractivity contribution is 5.60. The number of nitrogen functional groups attached to an aromatic ring is 1. The SMILES string of the molecule is Nc1ccc2c(c1)NCCC2. The first kappa shape index (κ1) is 6.53. The maximum atomic E-state index is 5.64. The van der Waals surface area contributed by atoms with E-state index < -0.39 is 0 Å². The predicted octanol–water partition coefficient (Wildman–Crippen LogP) is 1.63. The summed E-state index contributed by atoms with van der Waals surface area (Å²) in [4.78, 5) is 0. The molecule has 0 amide bonds. The molecule has 58 valence electrons. The fourth-order valence-electron chi connectivity index (χ4n) is 1.48. The Bertz CT molecular complexity index is 268. The van der Waals surface area contributed by atoms with Crippen LogP contribution in [0.25, 0.3) is 0 Å². The van der Waals surface area contributed by atoms with Crippen molar-refractivity contribution in [3.05, 3.63) is 23.8 Å². The highest BCUT2D eigenvalue weighted by Crippen LogP contribution is 2.23. The lowest BCUT2D eigenvalue weighted by Gasteiger charge is -2.17. The molecule has 2 rings (SSSR count). The zero-order valence-electron chi connectivity index (χ0n) is 6.43. The molecule has 0 bridgehead atoms. The van der Waals surface area contributed by atoms with Gasteiger partial charge in [0.25, 0.3) is 0 Å². The topological polar surface area (TPSA) is 38.0 Å². The first-order chi connectivity index (χ1) is 5.36. The van der Waals surface area contributed by atoms with Crippen LogP contribution in [0.5, 0.6) is 0 Å². The maximum Gasteiger partial charge on any atom is 0.0393 e. The molecule has 0 fully saturated rings. The molecule has 0 spiro atoms. The minimum Gasteiger partial charge on any atom is -0.399 e. The van der Waals surface area contributed by atoms with Gasteiger partial charge in [0.05, 0.1) is 0 Å². The number of hydrogen-bond donors (Lipinski definition) is 2. The van der Waals surface area contributed by atoms with Crippen LogP contribution in [-0.4, -0.2) is 6.54 Å². The molecule has 2 heteroatoms. The third-order valence-electron chi connectivity index (χ3n) is 2.07. The van der Waals surface area contributed by atoms with Crippen molar-refractivity contribution in [1.82, 2.24) is 0 Å². The van der Waals surface area contributed by atoms with Gasteiger partial charge in [0.15, 0.2) is 0 Å². The summed E-state index contributed by atoms with van der Waals surface area (Å²) in [6.45, 7) is 1.08. The molecule has 1 aliphatic rings. The van der Waals surface area contributed by atoms with Crippen molar-refractivity contribution in [2.75, 3.05) is 17.6 Å². The zero-order valence-corrected chi connectivity index (χ0v) is 6.43. The van der Waals surface area contributed by atoms with Crippen LogP contribution in [0.4, 0.5) is 11.4 Å². The summed E-state index contributed by atoms with van der Waals surface area (Å²) in [5.41, 5.74) is 9.10. The summed E-state index contributed by atoms with van der Waals surface area (Å²) in [7, 11) is 0. The van der Waals surface area contributed by atoms with Gasteiger partial charge in [-0.25, -0.2) is 0 Å². The van der Waals surface area contributed by atoms with Crippen molar-refractivity contribution in [3.63, 3.8) is 0 Å². The summed E-state index contributed by atoms with van der Waals surface area (Å²) in [6.07, 6.45) is 2.42. The molecule has 1 aromatic rings. The molecular formula is C9H12N2. The highest BCUT2D eigenvalue weighted by Gasteiger charge is 2.06. The van der Waals surface area contributed by atoms with Crippen molar-refractivity contribution in [2.24, 2.45) is 0 Å². The third kappa shape index (κ3) is 1.16. The number of nitrogens with one attached hydrogen (secondary N) is 1. The number of benzene rings is 1. The molecule has 0 unspecified atom stereocenters. The van der Waals surface area contributed by atoms with E-state index in [1.165, 1.54) is 24.1 Å². The van der Waals surface area contributed by atoms with E-state index >= 15 is 0 Å². The predicted molar refractivity (Wildman–Crippen MR) is 47.7 cm³/mol. The third-order valence-corrected chi connectivity index (χ3v) is 2.07. The number of hydrogen-bond acceptors (Lipinski definition) is 2. The van der Waals surface area contributed by atoms with Crippen LogP contribution in [0, 0.1) is 0 Å². The van der Waals surface area contributed by atoms with E-state index in [9.17, 15) is 0 Å². The summed E-state index contributed by atoms with van der Waals surface area (Å²) < 4.78 is 0. The van der Waals surface area contributed by atoms with Gasteiger partial charge in [0.2, 0.25) is 0 Å². The average Bonchev–Trinajstić information content (AvgIpc) is 2.04. The Morgan fingerprint density at radius 3 is 3.18 bits per heavy atom. The molecule has 3 N–H and O–H groups in total. The standard InChI is InChI=1S/C9H12N2/c10-8-4-3-7-2-1-5-11-9(7)6-8/h3-4,6,11H,1-2,5,10H2. The summed E-state index contributed by atoms with van der Waals surface area (Å²) in [6, 6.07) is 6.08. The van der Waals surface area contributed by atoms with E-state index in [1.54, 1.807) is 0 Å². The average molecular weight is 148 g/mol. The first-order valence-electron chi connectivity index (χ1n) is 3.98. The second-order valence-electron chi connectivity index (χ2n) is 2.95. The maximum absolute atomic E-state index is 5.64. The highest BCUT2D eigenvalue weighted by atomic mass is 14.9. The number of rotatable bonds is 0. The molecule has 2 nitrogen and oxygen atoms in total. The van der Waals surface area contributed by atoms with Crippen LogP contribution in [0.2, 0.25) is 0 Å². The molecule has 0 atom stereocenters. The number of nitrogens with two attached hydrogens (primary N) is 1. The van der Waals surface area contributed by atoms with Gasteiger partial charge >= 0.3 is 0 Å². The molecule has 1 aromatic carbocycles. The van der Waals surface area contributed by atoms with E-state index in [0.717, 1.165) is 12.2 Å². The largest absolute Gasteiger partial charge is 0.399 e. The van der Waals surface area contributed by atoms with Gasteiger partial charge in [-0.05, 0) is 30.5 Å². The van der Waals surface area contributed by atoms with E-state index in [-0.39, 0.29) is 0 Å². The van der Waals surface area contributed by atoms with Gasteiger partial charge in [-0.1, -0.05) is 6.07 Å². The van der Waals surface area contributed by atoms with E-state index in [1.807, 2.05) is 12.1 Å². The lowest BCUT2D eigenvalue weighted by molar-refractivity contribution is 0.830. The van der Waals surface area contributed by atoms with E-state index in [2.05, 4.69) is 11.4 Å². The van der Waals surface area contributed by atoms with Gasteiger partial charge in [0, 0.05) is 17.9 Å². The molecule has 0 aliphatic carbocycles. The lowest BCUT2D eigenvalue weighted by Crippen LogP contribution is -2.11. The number of anilines is 2. The van der Waals surface area contributed by atoms with Gasteiger partial charge in [0.1, 0.15) is 0 Å². The second kappa shape index (κ2) is 2.46. The molecular weight excluding hydrogens is 136 g/mol. The van der Waals surface area contributed by atoms with Crippen LogP contribution < -0.4 is 11.1 Å². The Hall–Kier alpha value is -1.18.